The summed E-state index contributed by atoms with van der Waals surface area (Å²) >= 11 is 0. The van der Waals surface area contributed by atoms with Crippen molar-refractivity contribution in [3.8, 4) is 0 Å². The zero-order valence-corrected chi connectivity index (χ0v) is 11.1. The molecule has 5 unspecified atom stereocenters. The van der Waals surface area contributed by atoms with Crippen molar-refractivity contribution in [2.24, 2.45) is 34.5 Å². The first-order valence-electron chi connectivity index (χ1n) is 7.09. The molecule has 0 saturated heterocycles. The van der Waals surface area contributed by atoms with Crippen molar-refractivity contribution in [2.45, 2.75) is 52.9 Å². The third kappa shape index (κ3) is 1.28. The minimum atomic E-state index is 0.606. The maximum absolute atomic E-state index is 4.08. The lowest BCUT2D eigenvalue weighted by atomic mass is 9.45. The fraction of sp³-hybridized carbons (Fsp3) is 0.875. The largest absolute Gasteiger partial charge is 0.103 e. The normalized spacial score (nSPS) is 53.7. The summed E-state index contributed by atoms with van der Waals surface area (Å²) in [6, 6.07) is 0. The van der Waals surface area contributed by atoms with Gasteiger partial charge in [-0.25, -0.2) is 0 Å². The van der Waals surface area contributed by atoms with E-state index in [-0.39, 0.29) is 0 Å². The molecule has 0 nitrogen and oxygen atoms in total. The molecule has 0 aliphatic heterocycles. The fourth-order valence-corrected chi connectivity index (χ4v) is 5.42. The van der Waals surface area contributed by atoms with E-state index in [2.05, 4.69) is 33.4 Å². The van der Waals surface area contributed by atoms with Crippen LogP contribution in [0.4, 0.5) is 0 Å². The summed E-state index contributed by atoms with van der Waals surface area (Å²) in [7, 11) is 0. The van der Waals surface area contributed by atoms with Gasteiger partial charge in [-0.3, -0.25) is 0 Å². The Morgan fingerprint density at radius 3 is 2.44 bits per heavy atom. The Bertz CT molecular complexity index is 314. The summed E-state index contributed by atoms with van der Waals surface area (Å²) in [5, 5.41) is 0. The van der Waals surface area contributed by atoms with Gasteiger partial charge in [0.15, 0.2) is 0 Å². The Morgan fingerprint density at radius 1 is 1.12 bits per heavy atom. The van der Waals surface area contributed by atoms with Crippen molar-refractivity contribution in [3.63, 3.8) is 0 Å². The van der Waals surface area contributed by atoms with E-state index in [0.717, 1.165) is 23.7 Å². The molecule has 0 aromatic rings. The second kappa shape index (κ2) is 3.15. The molecule has 0 spiro atoms. The van der Waals surface area contributed by atoms with Crippen molar-refractivity contribution >= 4 is 0 Å². The predicted molar refractivity (Wildman–Crippen MR) is 69.1 cm³/mol. The standard InChI is InChI=1S/C16H26/c1-5-11-8-12-9-15(2,3)10-14(12)16(4)7-6-13(11)16/h5,11-14H,1,6-10H2,2-4H3. The van der Waals surface area contributed by atoms with Gasteiger partial charge < -0.3 is 0 Å². The average Bonchev–Trinajstić information content (AvgIpc) is 2.49. The van der Waals surface area contributed by atoms with Gasteiger partial charge in [-0.1, -0.05) is 26.8 Å². The van der Waals surface area contributed by atoms with Crippen LogP contribution in [0.15, 0.2) is 12.7 Å². The number of hydrogen-bond acceptors (Lipinski definition) is 0. The highest BCUT2D eigenvalue weighted by molar-refractivity contribution is 5.12. The van der Waals surface area contributed by atoms with Gasteiger partial charge >= 0.3 is 0 Å². The van der Waals surface area contributed by atoms with Crippen molar-refractivity contribution in [2.75, 3.05) is 0 Å². The first kappa shape index (κ1) is 10.9. The van der Waals surface area contributed by atoms with Crippen LogP contribution in [-0.4, -0.2) is 0 Å². The smallest absolute Gasteiger partial charge is 0.0200 e. The van der Waals surface area contributed by atoms with Crippen LogP contribution in [0.25, 0.3) is 0 Å². The van der Waals surface area contributed by atoms with E-state index in [4.69, 9.17) is 0 Å². The van der Waals surface area contributed by atoms with E-state index in [9.17, 15) is 0 Å². The molecule has 16 heavy (non-hydrogen) atoms. The molecule has 0 amide bonds. The Morgan fingerprint density at radius 2 is 1.88 bits per heavy atom. The molecule has 3 fully saturated rings. The topological polar surface area (TPSA) is 0 Å². The minimum absolute atomic E-state index is 0.606. The van der Waals surface area contributed by atoms with E-state index in [1.807, 2.05) is 0 Å². The van der Waals surface area contributed by atoms with Gasteiger partial charge in [-0.15, -0.1) is 6.58 Å². The van der Waals surface area contributed by atoms with Crippen LogP contribution in [-0.2, 0) is 0 Å². The van der Waals surface area contributed by atoms with Crippen LogP contribution < -0.4 is 0 Å². The zero-order chi connectivity index (χ0) is 11.6. The van der Waals surface area contributed by atoms with E-state index in [0.29, 0.717) is 10.8 Å². The van der Waals surface area contributed by atoms with Crippen LogP contribution in [0, 0.1) is 34.5 Å². The van der Waals surface area contributed by atoms with Crippen LogP contribution in [0.5, 0.6) is 0 Å². The number of hydrogen-bond donors (Lipinski definition) is 0. The summed E-state index contributed by atoms with van der Waals surface area (Å²) in [4.78, 5) is 0. The Kier molecular flexibility index (Phi) is 2.14. The average molecular weight is 218 g/mol. The number of allylic oxidation sites excluding steroid dienone is 1. The van der Waals surface area contributed by atoms with Crippen molar-refractivity contribution < 1.29 is 0 Å². The summed E-state index contributed by atoms with van der Waals surface area (Å²) in [5.41, 5.74) is 1.28. The molecule has 5 atom stereocenters. The molecule has 0 aromatic heterocycles. The minimum Gasteiger partial charge on any atom is -0.103 e. The highest BCUT2D eigenvalue weighted by atomic mass is 14.6. The van der Waals surface area contributed by atoms with Gasteiger partial charge in [-0.05, 0) is 66.6 Å². The quantitative estimate of drug-likeness (QED) is 0.561. The zero-order valence-electron chi connectivity index (χ0n) is 11.1. The molecule has 0 N–H and O–H groups in total. The summed E-state index contributed by atoms with van der Waals surface area (Å²) in [5.74, 6) is 3.83. The maximum atomic E-state index is 4.08. The van der Waals surface area contributed by atoms with Gasteiger partial charge in [0, 0.05) is 0 Å². The van der Waals surface area contributed by atoms with Crippen LogP contribution in [0.2, 0.25) is 0 Å². The molecule has 0 heteroatoms. The second-order valence-corrected chi connectivity index (χ2v) is 7.73. The first-order chi connectivity index (χ1) is 7.46. The molecule has 0 bridgehead atoms. The predicted octanol–water partition coefficient (Wildman–Crippen LogP) is 4.66. The highest BCUT2D eigenvalue weighted by Gasteiger charge is 2.59. The number of rotatable bonds is 1. The summed E-state index contributed by atoms with van der Waals surface area (Å²) < 4.78 is 0. The van der Waals surface area contributed by atoms with Crippen molar-refractivity contribution in [1.82, 2.24) is 0 Å². The van der Waals surface area contributed by atoms with Gasteiger partial charge in [0.2, 0.25) is 0 Å². The molecule has 3 aliphatic rings. The Hall–Kier alpha value is -0.260. The highest BCUT2D eigenvalue weighted by Crippen LogP contribution is 2.68. The molecular weight excluding hydrogens is 192 g/mol. The monoisotopic (exact) mass is 218 g/mol. The van der Waals surface area contributed by atoms with E-state index < -0.39 is 0 Å². The third-order valence-electron chi connectivity index (χ3n) is 6.24. The van der Waals surface area contributed by atoms with E-state index >= 15 is 0 Å². The SMILES string of the molecule is C=CC1CC2CC(C)(C)CC2C2(C)CCC12. The molecular formula is C16H26. The van der Waals surface area contributed by atoms with Crippen LogP contribution in [0.3, 0.4) is 0 Å². The molecule has 0 aromatic carbocycles. The number of fused-ring (bicyclic) bond motifs is 3. The third-order valence-corrected chi connectivity index (χ3v) is 6.24. The molecule has 0 radical (unpaired) electrons. The summed E-state index contributed by atoms with van der Waals surface area (Å²) in [6.45, 7) is 11.6. The molecule has 3 rings (SSSR count). The molecule has 0 heterocycles. The van der Waals surface area contributed by atoms with Gasteiger partial charge in [-0.2, -0.15) is 0 Å². The van der Waals surface area contributed by atoms with Crippen LogP contribution in [0.1, 0.15) is 52.9 Å². The lowest BCUT2D eigenvalue weighted by molar-refractivity contribution is -0.0954. The fourth-order valence-electron chi connectivity index (χ4n) is 5.42. The van der Waals surface area contributed by atoms with Gasteiger partial charge in [0.05, 0.1) is 0 Å². The second-order valence-electron chi connectivity index (χ2n) is 7.73. The molecule has 3 saturated carbocycles. The van der Waals surface area contributed by atoms with E-state index in [1.54, 1.807) is 0 Å². The van der Waals surface area contributed by atoms with Crippen molar-refractivity contribution in [3.05, 3.63) is 12.7 Å². The first-order valence-corrected chi connectivity index (χ1v) is 7.09. The summed E-state index contributed by atoms with van der Waals surface area (Å²) in [6.07, 6.45) is 9.61. The Balaban J connectivity index is 1.90. The molecule has 90 valence electrons. The van der Waals surface area contributed by atoms with Crippen molar-refractivity contribution in [1.29, 1.82) is 0 Å². The maximum Gasteiger partial charge on any atom is -0.0200 e. The van der Waals surface area contributed by atoms with Crippen LogP contribution >= 0.6 is 0 Å². The Labute approximate surface area is 101 Å². The van der Waals surface area contributed by atoms with E-state index in [1.165, 1.54) is 32.1 Å². The lowest BCUT2D eigenvalue weighted by Crippen LogP contribution is -2.52. The molecule has 3 aliphatic carbocycles. The van der Waals surface area contributed by atoms with Gasteiger partial charge in [0.1, 0.15) is 0 Å². The van der Waals surface area contributed by atoms with Gasteiger partial charge in [0.25, 0.3) is 0 Å². The lowest BCUT2D eigenvalue weighted by Gasteiger charge is -2.59.